The zero-order valence-corrected chi connectivity index (χ0v) is 14.8. The van der Waals surface area contributed by atoms with Crippen LogP contribution in [0.3, 0.4) is 0 Å². The summed E-state index contributed by atoms with van der Waals surface area (Å²) in [5.74, 6) is 1.30. The zero-order chi connectivity index (χ0) is 17.9. The van der Waals surface area contributed by atoms with E-state index >= 15 is 0 Å². The summed E-state index contributed by atoms with van der Waals surface area (Å²) in [5.41, 5.74) is 2.81. The van der Waals surface area contributed by atoms with Crippen molar-refractivity contribution < 1.29 is 9.47 Å². The van der Waals surface area contributed by atoms with Crippen LogP contribution in [0.15, 0.2) is 65.7 Å². The van der Waals surface area contributed by atoms with Crippen LogP contribution < -0.4 is 14.8 Å². The molecule has 0 saturated carbocycles. The third kappa shape index (κ3) is 3.36. The van der Waals surface area contributed by atoms with Crippen molar-refractivity contribution in [3.8, 4) is 11.6 Å². The van der Waals surface area contributed by atoms with E-state index in [2.05, 4.69) is 15.3 Å². The Morgan fingerprint density at radius 1 is 1.23 bits per heavy atom. The number of aromatic nitrogens is 1. The van der Waals surface area contributed by atoms with E-state index in [0.29, 0.717) is 23.3 Å². The molecule has 1 N–H and O–H groups in total. The summed E-state index contributed by atoms with van der Waals surface area (Å²) in [6.07, 6.45) is 7.36. The standard InChI is InChI=1S/C19H17ClN4O2/c1-25-17-8-14(20)5-6-16(17)13-9-22-19-23-15(11-24(19)10-13)12-26-18-4-2-3-7-21-18/h2-11,19,23H,12H2,1H3. The van der Waals surface area contributed by atoms with Crippen LogP contribution in [-0.2, 0) is 0 Å². The van der Waals surface area contributed by atoms with E-state index in [-0.39, 0.29) is 6.29 Å². The SMILES string of the molecule is COc1cc(Cl)ccc1C1=CN2C=C(COc3ccccn3)NC2N=C1. The molecule has 1 atom stereocenters. The smallest absolute Gasteiger partial charge is 0.213 e. The number of nitrogens with zero attached hydrogens (tertiary/aromatic N) is 3. The first kappa shape index (κ1) is 16.5. The van der Waals surface area contributed by atoms with Crippen LogP contribution in [0.2, 0.25) is 5.02 Å². The number of pyridine rings is 1. The molecule has 0 amide bonds. The van der Waals surface area contributed by atoms with Gasteiger partial charge in [0.1, 0.15) is 12.4 Å². The van der Waals surface area contributed by atoms with Crippen molar-refractivity contribution in [1.82, 2.24) is 15.2 Å². The molecule has 3 heterocycles. The highest BCUT2D eigenvalue weighted by Gasteiger charge is 2.25. The maximum Gasteiger partial charge on any atom is 0.213 e. The summed E-state index contributed by atoms with van der Waals surface area (Å²) >= 11 is 6.05. The predicted octanol–water partition coefficient (Wildman–Crippen LogP) is 3.28. The fourth-order valence-corrected chi connectivity index (χ4v) is 2.96. The number of hydrogen-bond acceptors (Lipinski definition) is 6. The second-order valence-electron chi connectivity index (χ2n) is 5.78. The third-order valence-corrected chi connectivity index (χ3v) is 4.27. The highest BCUT2D eigenvalue weighted by atomic mass is 35.5. The fourth-order valence-electron chi connectivity index (χ4n) is 2.80. The Balaban J connectivity index is 1.51. The summed E-state index contributed by atoms with van der Waals surface area (Å²) in [7, 11) is 1.63. The lowest BCUT2D eigenvalue weighted by Crippen LogP contribution is -2.34. The van der Waals surface area contributed by atoms with Gasteiger partial charge in [0, 0.05) is 47.0 Å². The lowest BCUT2D eigenvalue weighted by Gasteiger charge is -2.23. The molecule has 0 bridgehead atoms. The first-order valence-corrected chi connectivity index (χ1v) is 8.48. The number of ether oxygens (including phenoxy) is 2. The second kappa shape index (κ2) is 7.09. The normalized spacial score (nSPS) is 17.9. The zero-order valence-electron chi connectivity index (χ0n) is 14.1. The monoisotopic (exact) mass is 368 g/mol. The molecule has 2 aromatic rings. The van der Waals surface area contributed by atoms with Gasteiger partial charge in [-0.3, -0.25) is 0 Å². The maximum absolute atomic E-state index is 6.05. The molecule has 0 saturated heterocycles. The number of allylic oxidation sites excluding steroid dienone is 1. The van der Waals surface area contributed by atoms with Gasteiger partial charge in [0.15, 0.2) is 6.29 Å². The van der Waals surface area contributed by atoms with Crippen LogP contribution in [-0.4, -0.2) is 36.1 Å². The molecule has 0 radical (unpaired) electrons. The van der Waals surface area contributed by atoms with Crippen molar-refractivity contribution in [2.45, 2.75) is 6.29 Å². The van der Waals surface area contributed by atoms with Gasteiger partial charge in [0.2, 0.25) is 5.88 Å². The van der Waals surface area contributed by atoms with Gasteiger partial charge in [0.25, 0.3) is 0 Å². The molecule has 0 aliphatic carbocycles. The highest BCUT2D eigenvalue weighted by molar-refractivity contribution is 6.30. The quantitative estimate of drug-likeness (QED) is 0.877. The van der Waals surface area contributed by atoms with Gasteiger partial charge in [-0.25, -0.2) is 9.98 Å². The average Bonchev–Trinajstić information content (AvgIpc) is 3.09. The van der Waals surface area contributed by atoms with Gasteiger partial charge in [-0.15, -0.1) is 0 Å². The maximum atomic E-state index is 6.05. The molecular weight excluding hydrogens is 352 g/mol. The van der Waals surface area contributed by atoms with Gasteiger partial charge in [-0.05, 0) is 24.3 Å². The van der Waals surface area contributed by atoms with E-state index in [4.69, 9.17) is 21.1 Å². The van der Waals surface area contributed by atoms with Gasteiger partial charge in [0.05, 0.1) is 12.8 Å². The lowest BCUT2D eigenvalue weighted by molar-refractivity contribution is 0.322. The summed E-state index contributed by atoms with van der Waals surface area (Å²) in [6.45, 7) is 0.396. The van der Waals surface area contributed by atoms with E-state index in [9.17, 15) is 0 Å². The first-order valence-electron chi connectivity index (χ1n) is 8.10. The van der Waals surface area contributed by atoms with Crippen LogP contribution in [0.4, 0.5) is 0 Å². The minimum absolute atomic E-state index is 0.167. The van der Waals surface area contributed by atoms with Crippen molar-refractivity contribution in [3.63, 3.8) is 0 Å². The molecular formula is C19H17ClN4O2. The molecule has 6 nitrogen and oxygen atoms in total. The molecule has 1 aromatic heterocycles. The summed E-state index contributed by atoms with van der Waals surface area (Å²) in [6, 6.07) is 11.1. The average molecular weight is 369 g/mol. The Morgan fingerprint density at radius 2 is 2.15 bits per heavy atom. The number of fused-ring (bicyclic) bond motifs is 1. The minimum Gasteiger partial charge on any atom is -0.496 e. The molecule has 2 aliphatic rings. The Bertz CT molecular complexity index is 896. The molecule has 132 valence electrons. The number of halogens is 1. The molecule has 26 heavy (non-hydrogen) atoms. The van der Waals surface area contributed by atoms with Crippen molar-refractivity contribution in [2.75, 3.05) is 13.7 Å². The van der Waals surface area contributed by atoms with E-state index in [1.54, 1.807) is 19.4 Å². The largest absolute Gasteiger partial charge is 0.496 e. The van der Waals surface area contributed by atoms with Crippen LogP contribution in [0.1, 0.15) is 5.56 Å². The topological polar surface area (TPSA) is 59.0 Å². The highest BCUT2D eigenvalue weighted by Crippen LogP contribution is 2.31. The van der Waals surface area contributed by atoms with Crippen LogP contribution >= 0.6 is 11.6 Å². The van der Waals surface area contributed by atoms with Crippen LogP contribution in [0.5, 0.6) is 11.6 Å². The Hall–Kier alpha value is -2.99. The van der Waals surface area contributed by atoms with Crippen molar-refractivity contribution in [3.05, 3.63) is 71.3 Å². The number of rotatable bonds is 5. The summed E-state index contributed by atoms with van der Waals surface area (Å²) in [4.78, 5) is 10.7. The van der Waals surface area contributed by atoms with E-state index in [1.165, 1.54) is 0 Å². The van der Waals surface area contributed by atoms with Crippen molar-refractivity contribution in [1.29, 1.82) is 0 Å². The number of benzene rings is 1. The van der Waals surface area contributed by atoms with Crippen molar-refractivity contribution in [2.24, 2.45) is 4.99 Å². The predicted molar refractivity (Wildman–Crippen MR) is 101 cm³/mol. The Kier molecular flexibility index (Phi) is 4.50. The number of methoxy groups -OCH3 is 1. The third-order valence-electron chi connectivity index (χ3n) is 4.03. The van der Waals surface area contributed by atoms with Crippen LogP contribution in [0.25, 0.3) is 5.57 Å². The minimum atomic E-state index is -0.167. The molecule has 4 rings (SSSR count). The van der Waals surface area contributed by atoms with E-state index < -0.39 is 0 Å². The fraction of sp³-hybridized carbons (Fsp3) is 0.158. The van der Waals surface area contributed by atoms with E-state index in [1.807, 2.05) is 53.8 Å². The van der Waals surface area contributed by atoms with Crippen molar-refractivity contribution >= 4 is 23.4 Å². The first-order chi connectivity index (χ1) is 12.7. The number of nitrogens with one attached hydrogen (secondary N) is 1. The molecule has 2 aliphatic heterocycles. The summed E-state index contributed by atoms with van der Waals surface area (Å²) in [5, 5.41) is 3.95. The van der Waals surface area contributed by atoms with Gasteiger partial charge >= 0.3 is 0 Å². The second-order valence-corrected chi connectivity index (χ2v) is 6.22. The molecule has 1 aromatic carbocycles. The lowest BCUT2D eigenvalue weighted by atomic mass is 10.1. The van der Waals surface area contributed by atoms with Gasteiger partial charge < -0.3 is 19.7 Å². The number of aliphatic imine (C=N–C) groups is 1. The molecule has 0 spiro atoms. The molecule has 7 heteroatoms. The van der Waals surface area contributed by atoms with Gasteiger partial charge in [-0.2, -0.15) is 0 Å². The number of hydrogen-bond donors (Lipinski definition) is 1. The van der Waals surface area contributed by atoms with E-state index in [0.717, 1.165) is 16.8 Å². The molecule has 1 unspecified atom stereocenters. The van der Waals surface area contributed by atoms with Gasteiger partial charge in [-0.1, -0.05) is 17.7 Å². The Labute approximate surface area is 156 Å². The summed E-state index contributed by atoms with van der Waals surface area (Å²) < 4.78 is 11.1. The van der Waals surface area contributed by atoms with Crippen LogP contribution in [0, 0.1) is 0 Å². The molecule has 0 fully saturated rings. The Morgan fingerprint density at radius 3 is 2.96 bits per heavy atom.